The van der Waals surface area contributed by atoms with Crippen LogP contribution in [0.3, 0.4) is 0 Å². The van der Waals surface area contributed by atoms with E-state index in [1.807, 2.05) is 12.4 Å². The molecule has 0 spiro atoms. The number of rotatable bonds is 2. The maximum absolute atomic E-state index is 4.47. The SMILES string of the molecule is C[C@H](C1CCCCC1)N1CNc2cnc3[nH]ccc3c21. The smallest absolute Gasteiger partial charge is 0.139 e. The molecule has 0 aromatic carbocycles. The van der Waals surface area contributed by atoms with Gasteiger partial charge in [0.1, 0.15) is 5.65 Å². The van der Waals surface area contributed by atoms with Crippen molar-refractivity contribution in [1.82, 2.24) is 9.97 Å². The minimum absolute atomic E-state index is 0.601. The molecule has 4 nitrogen and oxygen atoms in total. The first-order chi connectivity index (χ1) is 9.84. The monoisotopic (exact) mass is 270 g/mol. The van der Waals surface area contributed by atoms with Crippen molar-refractivity contribution >= 4 is 22.4 Å². The van der Waals surface area contributed by atoms with E-state index in [0.717, 1.165) is 18.2 Å². The van der Waals surface area contributed by atoms with E-state index in [9.17, 15) is 0 Å². The molecule has 3 heterocycles. The summed E-state index contributed by atoms with van der Waals surface area (Å²) in [7, 11) is 0. The zero-order valence-corrected chi connectivity index (χ0v) is 12.0. The number of aromatic amines is 1. The third kappa shape index (κ3) is 1.78. The minimum Gasteiger partial charge on any atom is -0.365 e. The van der Waals surface area contributed by atoms with E-state index >= 15 is 0 Å². The molecule has 1 fully saturated rings. The van der Waals surface area contributed by atoms with Crippen molar-refractivity contribution in [1.29, 1.82) is 0 Å². The first kappa shape index (κ1) is 12.1. The van der Waals surface area contributed by atoms with Crippen LogP contribution in [-0.2, 0) is 0 Å². The highest BCUT2D eigenvalue weighted by Crippen LogP contribution is 2.40. The van der Waals surface area contributed by atoms with E-state index in [1.54, 1.807) is 0 Å². The molecule has 4 heteroatoms. The molecule has 1 atom stereocenters. The standard InChI is InChI=1S/C16H22N4/c1-11(12-5-3-2-4-6-12)20-10-19-14-9-18-16-13(15(14)20)7-8-17-16/h7-9,11-12,19H,2-6,10H2,1H3,(H,17,18)/t11-/m1/s1. The molecule has 106 valence electrons. The maximum atomic E-state index is 4.47. The van der Waals surface area contributed by atoms with Crippen LogP contribution in [0, 0.1) is 5.92 Å². The van der Waals surface area contributed by atoms with Gasteiger partial charge in [-0.15, -0.1) is 0 Å². The van der Waals surface area contributed by atoms with Gasteiger partial charge in [-0.05, 0) is 31.7 Å². The number of hydrogen-bond donors (Lipinski definition) is 2. The number of aromatic nitrogens is 2. The van der Waals surface area contributed by atoms with Gasteiger partial charge in [0.2, 0.25) is 0 Å². The first-order valence-corrected chi connectivity index (χ1v) is 7.81. The average Bonchev–Trinajstić information content (AvgIpc) is 3.13. The number of fused-ring (bicyclic) bond motifs is 3. The second kappa shape index (κ2) is 4.69. The fraction of sp³-hybridized carbons (Fsp3) is 0.562. The van der Waals surface area contributed by atoms with Crippen LogP contribution in [0.5, 0.6) is 0 Å². The van der Waals surface area contributed by atoms with E-state index in [-0.39, 0.29) is 0 Å². The van der Waals surface area contributed by atoms with Crippen molar-refractivity contribution in [2.75, 3.05) is 16.9 Å². The Kier molecular flexibility index (Phi) is 2.83. The van der Waals surface area contributed by atoms with Crippen LogP contribution < -0.4 is 10.2 Å². The molecule has 2 aromatic heterocycles. The Morgan fingerprint density at radius 2 is 2.15 bits per heavy atom. The lowest BCUT2D eigenvalue weighted by Gasteiger charge is -2.35. The largest absolute Gasteiger partial charge is 0.365 e. The Bertz CT molecular complexity index is 612. The topological polar surface area (TPSA) is 44.0 Å². The number of nitrogens with zero attached hydrogens (tertiary/aromatic N) is 2. The predicted octanol–water partition coefficient (Wildman–Crippen LogP) is 3.72. The third-order valence-electron chi connectivity index (χ3n) is 5.11. The molecule has 0 bridgehead atoms. The highest BCUT2D eigenvalue weighted by molar-refractivity contribution is 5.98. The molecule has 0 amide bonds. The van der Waals surface area contributed by atoms with Gasteiger partial charge >= 0.3 is 0 Å². The van der Waals surface area contributed by atoms with E-state index in [0.29, 0.717) is 6.04 Å². The average molecular weight is 270 g/mol. The summed E-state index contributed by atoms with van der Waals surface area (Å²) in [5, 5.41) is 4.75. The molecule has 1 saturated carbocycles. The number of hydrogen-bond acceptors (Lipinski definition) is 3. The van der Waals surface area contributed by atoms with Crippen molar-refractivity contribution in [3.63, 3.8) is 0 Å². The number of nitrogens with one attached hydrogen (secondary N) is 2. The second-order valence-corrected chi connectivity index (χ2v) is 6.20. The van der Waals surface area contributed by atoms with Gasteiger partial charge in [0.25, 0.3) is 0 Å². The van der Waals surface area contributed by atoms with Crippen LogP contribution in [-0.4, -0.2) is 22.7 Å². The lowest BCUT2D eigenvalue weighted by atomic mass is 9.84. The van der Waals surface area contributed by atoms with Gasteiger partial charge in [0.05, 0.1) is 24.2 Å². The summed E-state index contributed by atoms with van der Waals surface area (Å²) in [6, 6.07) is 2.75. The maximum Gasteiger partial charge on any atom is 0.139 e. The number of H-pyrrole nitrogens is 1. The Morgan fingerprint density at radius 1 is 1.30 bits per heavy atom. The number of anilines is 2. The fourth-order valence-corrected chi connectivity index (χ4v) is 3.90. The molecule has 1 aliphatic carbocycles. The van der Waals surface area contributed by atoms with Crippen LogP contribution >= 0.6 is 0 Å². The molecule has 2 aromatic rings. The van der Waals surface area contributed by atoms with Gasteiger partial charge in [-0.3, -0.25) is 0 Å². The zero-order valence-electron chi connectivity index (χ0n) is 12.0. The highest BCUT2D eigenvalue weighted by atomic mass is 15.3. The lowest BCUT2D eigenvalue weighted by molar-refractivity contribution is 0.308. The van der Waals surface area contributed by atoms with Gasteiger partial charge < -0.3 is 15.2 Å². The normalized spacial score (nSPS) is 20.9. The van der Waals surface area contributed by atoms with E-state index in [4.69, 9.17) is 0 Å². The summed E-state index contributed by atoms with van der Waals surface area (Å²) in [5.74, 6) is 0.832. The zero-order chi connectivity index (χ0) is 13.5. The summed E-state index contributed by atoms with van der Waals surface area (Å²) in [6.07, 6.45) is 10.9. The highest BCUT2D eigenvalue weighted by Gasteiger charge is 2.31. The molecule has 0 unspecified atom stereocenters. The van der Waals surface area contributed by atoms with Crippen LogP contribution in [0.25, 0.3) is 11.0 Å². The van der Waals surface area contributed by atoms with Crippen molar-refractivity contribution in [2.24, 2.45) is 5.92 Å². The Labute approximate surface area is 119 Å². The summed E-state index contributed by atoms with van der Waals surface area (Å²) < 4.78 is 0. The fourth-order valence-electron chi connectivity index (χ4n) is 3.90. The van der Waals surface area contributed by atoms with E-state index < -0.39 is 0 Å². The Balaban J connectivity index is 1.70. The Morgan fingerprint density at radius 3 is 3.00 bits per heavy atom. The van der Waals surface area contributed by atoms with Crippen molar-refractivity contribution in [3.05, 3.63) is 18.5 Å². The van der Waals surface area contributed by atoms with Crippen LogP contribution in [0.4, 0.5) is 11.4 Å². The van der Waals surface area contributed by atoms with E-state index in [2.05, 4.69) is 33.2 Å². The van der Waals surface area contributed by atoms with Crippen molar-refractivity contribution < 1.29 is 0 Å². The van der Waals surface area contributed by atoms with Crippen LogP contribution in [0.1, 0.15) is 39.0 Å². The summed E-state index contributed by atoms with van der Waals surface area (Å²) in [4.78, 5) is 10.2. The molecule has 0 radical (unpaired) electrons. The molecule has 20 heavy (non-hydrogen) atoms. The minimum atomic E-state index is 0.601. The van der Waals surface area contributed by atoms with Crippen LogP contribution in [0.15, 0.2) is 18.5 Å². The lowest BCUT2D eigenvalue weighted by Crippen LogP contribution is -2.39. The second-order valence-electron chi connectivity index (χ2n) is 6.20. The summed E-state index contributed by atoms with van der Waals surface area (Å²) in [5.41, 5.74) is 3.52. The molecule has 1 aliphatic heterocycles. The summed E-state index contributed by atoms with van der Waals surface area (Å²) >= 11 is 0. The Hall–Kier alpha value is -1.71. The number of pyridine rings is 1. The van der Waals surface area contributed by atoms with Gasteiger partial charge in [0, 0.05) is 17.6 Å². The van der Waals surface area contributed by atoms with Gasteiger partial charge in [-0.25, -0.2) is 4.98 Å². The predicted molar refractivity (Wildman–Crippen MR) is 83.1 cm³/mol. The van der Waals surface area contributed by atoms with Crippen LogP contribution in [0.2, 0.25) is 0 Å². The van der Waals surface area contributed by atoms with Gasteiger partial charge in [-0.2, -0.15) is 0 Å². The van der Waals surface area contributed by atoms with Crippen molar-refractivity contribution in [3.8, 4) is 0 Å². The molecule has 2 N–H and O–H groups in total. The van der Waals surface area contributed by atoms with Gasteiger partial charge in [0.15, 0.2) is 0 Å². The van der Waals surface area contributed by atoms with E-state index in [1.165, 1.54) is 48.9 Å². The third-order valence-corrected chi connectivity index (χ3v) is 5.11. The molecular formula is C16H22N4. The molecular weight excluding hydrogens is 248 g/mol. The van der Waals surface area contributed by atoms with Gasteiger partial charge in [-0.1, -0.05) is 19.3 Å². The van der Waals surface area contributed by atoms with Crippen molar-refractivity contribution in [2.45, 2.75) is 45.1 Å². The first-order valence-electron chi connectivity index (χ1n) is 7.81. The molecule has 0 saturated heterocycles. The quantitative estimate of drug-likeness (QED) is 0.874. The molecule has 4 rings (SSSR count). The summed E-state index contributed by atoms with van der Waals surface area (Å²) in [6.45, 7) is 3.31. The molecule has 2 aliphatic rings.